The van der Waals surface area contributed by atoms with Gasteiger partial charge in [0.2, 0.25) is 0 Å². The van der Waals surface area contributed by atoms with Crippen molar-refractivity contribution in [1.82, 2.24) is 25.3 Å². The molecule has 2 heterocycles. The highest BCUT2D eigenvalue weighted by Gasteiger charge is 1.99. The zero-order valence-electron chi connectivity index (χ0n) is 8.70. The van der Waals surface area contributed by atoms with Gasteiger partial charge >= 0.3 is 0 Å². The molecule has 0 aliphatic carbocycles. The number of hydrogen-bond acceptors (Lipinski definition) is 7. The Kier molecular flexibility index (Phi) is 3.57. The van der Waals surface area contributed by atoms with Crippen molar-refractivity contribution in [1.29, 1.82) is 0 Å². The van der Waals surface area contributed by atoms with Crippen LogP contribution in [0.25, 0.3) is 5.65 Å². The monoisotopic (exact) mass is 223 g/mol. The topological polar surface area (TPSA) is 103 Å². The number of nitrogens with one attached hydrogen (secondary N) is 1. The van der Waals surface area contributed by atoms with Crippen LogP contribution in [0.4, 0.5) is 5.82 Å². The molecule has 0 amide bonds. The van der Waals surface area contributed by atoms with Gasteiger partial charge in [-0.25, -0.2) is 0 Å². The maximum Gasteiger partial charge on any atom is 0.200 e. The summed E-state index contributed by atoms with van der Waals surface area (Å²) in [5.74, 6) is 0.705. The van der Waals surface area contributed by atoms with Crippen LogP contribution in [0.5, 0.6) is 0 Å². The maximum absolute atomic E-state index is 5.29. The second-order valence-corrected chi connectivity index (χ2v) is 3.07. The van der Waals surface area contributed by atoms with E-state index in [1.54, 1.807) is 6.07 Å². The summed E-state index contributed by atoms with van der Waals surface area (Å²) in [6.07, 6.45) is 0. The first-order valence-corrected chi connectivity index (χ1v) is 4.97. The minimum absolute atomic E-state index is 0.537. The molecule has 0 aliphatic heterocycles. The summed E-state index contributed by atoms with van der Waals surface area (Å²) < 4.78 is 6.58. The first kappa shape index (κ1) is 10.7. The Morgan fingerprint density at radius 2 is 2.31 bits per heavy atom. The molecule has 0 bridgehead atoms. The third kappa shape index (κ3) is 2.61. The summed E-state index contributed by atoms with van der Waals surface area (Å²) in [6, 6.07) is 3.60. The smallest absolute Gasteiger partial charge is 0.200 e. The van der Waals surface area contributed by atoms with Crippen LogP contribution in [0.1, 0.15) is 0 Å². The summed E-state index contributed by atoms with van der Waals surface area (Å²) in [6.45, 7) is 2.36. The molecular weight excluding hydrogens is 210 g/mol. The number of aromatic nitrogens is 5. The summed E-state index contributed by atoms with van der Waals surface area (Å²) in [4.78, 5) is 0. The van der Waals surface area contributed by atoms with Gasteiger partial charge in [0.15, 0.2) is 5.65 Å². The fraction of sp³-hybridized carbons (Fsp3) is 0.500. The first-order chi connectivity index (χ1) is 7.90. The molecule has 0 atom stereocenters. The second-order valence-electron chi connectivity index (χ2n) is 3.07. The Balaban J connectivity index is 1.84. The number of hydrogen-bond donors (Lipinski definition) is 2. The number of ether oxygens (including phenoxy) is 1. The van der Waals surface area contributed by atoms with Crippen molar-refractivity contribution >= 4 is 11.5 Å². The lowest BCUT2D eigenvalue weighted by molar-refractivity contribution is 0.151. The zero-order chi connectivity index (χ0) is 11.2. The largest absolute Gasteiger partial charge is 0.378 e. The quantitative estimate of drug-likeness (QED) is 0.599. The number of rotatable bonds is 6. The lowest BCUT2D eigenvalue weighted by Crippen LogP contribution is -2.15. The molecule has 86 valence electrons. The standard InChI is InChI=1S/C8H13N7O/c9-3-5-16-6-4-10-7-1-2-8-11-13-14-15(8)12-7/h1-2H,3-6,9H2,(H,10,12). The number of fused-ring (bicyclic) bond motifs is 1. The maximum atomic E-state index is 5.29. The Hall–Kier alpha value is -1.80. The molecule has 16 heavy (non-hydrogen) atoms. The molecule has 0 saturated heterocycles. The van der Waals surface area contributed by atoms with E-state index in [1.165, 1.54) is 4.63 Å². The molecule has 3 N–H and O–H groups in total. The van der Waals surface area contributed by atoms with E-state index in [2.05, 4.69) is 25.9 Å². The normalized spacial score (nSPS) is 10.8. The molecule has 0 aromatic carbocycles. The van der Waals surface area contributed by atoms with Gasteiger partial charge in [0.1, 0.15) is 5.82 Å². The van der Waals surface area contributed by atoms with Crippen molar-refractivity contribution < 1.29 is 4.74 Å². The molecule has 0 radical (unpaired) electrons. The van der Waals surface area contributed by atoms with E-state index in [0.717, 1.165) is 0 Å². The van der Waals surface area contributed by atoms with Crippen LogP contribution < -0.4 is 11.1 Å². The molecule has 0 aliphatic rings. The molecule has 8 nitrogen and oxygen atoms in total. The van der Waals surface area contributed by atoms with Crippen molar-refractivity contribution in [2.45, 2.75) is 0 Å². The third-order valence-corrected chi connectivity index (χ3v) is 1.88. The lowest BCUT2D eigenvalue weighted by atomic mass is 10.5. The van der Waals surface area contributed by atoms with E-state index < -0.39 is 0 Å². The van der Waals surface area contributed by atoms with Crippen LogP contribution in [0.15, 0.2) is 12.1 Å². The SMILES string of the molecule is NCCOCCNc1ccc2nnnn2n1. The van der Waals surface area contributed by atoms with E-state index in [-0.39, 0.29) is 0 Å². The van der Waals surface area contributed by atoms with Gasteiger partial charge in [0.05, 0.1) is 13.2 Å². The van der Waals surface area contributed by atoms with E-state index in [4.69, 9.17) is 10.5 Å². The molecule has 2 rings (SSSR count). The van der Waals surface area contributed by atoms with Crippen LogP contribution >= 0.6 is 0 Å². The van der Waals surface area contributed by atoms with Gasteiger partial charge in [-0.1, -0.05) is 0 Å². The second kappa shape index (κ2) is 5.33. The van der Waals surface area contributed by atoms with Crippen LogP contribution in [-0.4, -0.2) is 51.6 Å². The van der Waals surface area contributed by atoms with Crippen LogP contribution in [0.2, 0.25) is 0 Å². The Bertz CT molecular complexity index is 443. The molecule has 0 spiro atoms. The minimum atomic E-state index is 0.537. The number of tetrazole rings is 1. The molecule has 2 aromatic heterocycles. The fourth-order valence-corrected chi connectivity index (χ4v) is 1.18. The van der Waals surface area contributed by atoms with Crippen LogP contribution in [-0.2, 0) is 4.74 Å². The average molecular weight is 223 g/mol. The van der Waals surface area contributed by atoms with Gasteiger partial charge in [-0.3, -0.25) is 0 Å². The molecule has 0 fully saturated rings. The van der Waals surface area contributed by atoms with Gasteiger partial charge in [0, 0.05) is 13.1 Å². The van der Waals surface area contributed by atoms with Gasteiger partial charge in [-0.05, 0) is 22.6 Å². The molecular formula is C8H13N7O. The number of nitrogens with zero attached hydrogens (tertiary/aromatic N) is 5. The van der Waals surface area contributed by atoms with Crippen molar-refractivity contribution in [3.63, 3.8) is 0 Å². The van der Waals surface area contributed by atoms with Crippen molar-refractivity contribution in [3.05, 3.63) is 12.1 Å². The Labute approximate surface area is 91.8 Å². The molecule has 2 aromatic rings. The average Bonchev–Trinajstić information content (AvgIpc) is 2.76. The minimum Gasteiger partial charge on any atom is -0.378 e. The summed E-state index contributed by atoms with van der Waals surface area (Å²) in [5, 5.41) is 18.2. The van der Waals surface area contributed by atoms with Gasteiger partial charge in [0.25, 0.3) is 0 Å². The van der Waals surface area contributed by atoms with Crippen LogP contribution in [0.3, 0.4) is 0 Å². The van der Waals surface area contributed by atoms with Crippen molar-refractivity contribution in [3.8, 4) is 0 Å². The van der Waals surface area contributed by atoms with Gasteiger partial charge in [-0.2, -0.15) is 0 Å². The number of nitrogens with two attached hydrogens (primary N) is 1. The Morgan fingerprint density at radius 1 is 1.38 bits per heavy atom. The predicted octanol–water partition coefficient (Wildman–Crippen LogP) is -1.09. The summed E-state index contributed by atoms with van der Waals surface area (Å²) >= 11 is 0. The lowest BCUT2D eigenvalue weighted by Gasteiger charge is -2.05. The zero-order valence-corrected chi connectivity index (χ0v) is 8.70. The van der Waals surface area contributed by atoms with E-state index in [1.807, 2.05) is 6.07 Å². The highest BCUT2D eigenvalue weighted by atomic mass is 16.5. The molecule has 0 unspecified atom stereocenters. The number of anilines is 1. The van der Waals surface area contributed by atoms with Gasteiger partial charge in [-0.15, -0.1) is 14.8 Å². The highest BCUT2D eigenvalue weighted by Crippen LogP contribution is 2.02. The molecule has 0 saturated carbocycles. The summed E-state index contributed by atoms with van der Waals surface area (Å²) in [5.41, 5.74) is 5.90. The fourth-order valence-electron chi connectivity index (χ4n) is 1.18. The van der Waals surface area contributed by atoms with E-state index in [0.29, 0.717) is 37.8 Å². The summed E-state index contributed by atoms with van der Waals surface area (Å²) in [7, 11) is 0. The first-order valence-electron chi connectivity index (χ1n) is 4.97. The predicted molar refractivity (Wildman–Crippen MR) is 56.9 cm³/mol. The van der Waals surface area contributed by atoms with Crippen molar-refractivity contribution in [2.75, 3.05) is 31.6 Å². The van der Waals surface area contributed by atoms with E-state index in [9.17, 15) is 0 Å². The van der Waals surface area contributed by atoms with Gasteiger partial charge < -0.3 is 15.8 Å². The Morgan fingerprint density at radius 3 is 3.19 bits per heavy atom. The van der Waals surface area contributed by atoms with E-state index >= 15 is 0 Å². The highest BCUT2D eigenvalue weighted by molar-refractivity contribution is 5.41. The van der Waals surface area contributed by atoms with Crippen molar-refractivity contribution in [2.24, 2.45) is 5.73 Å². The third-order valence-electron chi connectivity index (χ3n) is 1.88. The van der Waals surface area contributed by atoms with Crippen LogP contribution in [0, 0.1) is 0 Å². The molecule has 8 heteroatoms.